The lowest BCUT2D eigenvalue weighted by Gasteiger charge is -2.17. The van der Waals surface area contributed by atoms with E-state index in [0.29, 0.717) is 24.9 Å². The highest BCUT2D eigenvalue weighted by Gasteiger charge is 2.19. The summed E-state index contributed by atoms with van der Waals surface area (Å²) in [6.07, 6.45) is 1.35. The molecular weight excluding hydrogens is 359 g/mol. The lowest BCUT2D eigenvalue weighted by molar-refractivity contribution is 0.618. The molecule has 0 atom stereocenters. The van der Waals surface area contributed by atoms with Crippen LogP contribution in [-0.2, 0) is 13.0 Å². The van der Waals surface area contributed by atoms with E-state index >= 15 is 0 Å². The average molecular weight is 378 g/mol. The number of nitrogens with zero attached hydrogens (tertiary/aromatic N) is 3. The molecule has 0 saturated carbocycles. The van der Waals surface area contributed by atoms with Crippen molar-refractivity contribution < 1.29 is 4.39 Å². The summed E-state index contributed by atoms with van der Waals surface area (Å²) in [5.74, 6) is 0.00371. The molecule has 1 N–H and O–H groups in total. The Morgan fingerprint density at radius 1 is 1.07 bits per heavy atom. The van der Waals surface area contributed by atoms with Crippen LogP contribution in [0.4, 0.5) is 4.39 Å². The molecule has 0 bridgehead atoms. The van der Waals surface area contributed by atoms with Gasteiger partial charge in [0.15, 0.2) is 11.5 Å². The summed E-state index contributed by atoms with van der Waals surface area (Å²) in [6.45, 7) is 4.50. The molecule has 0 aromatic heterocycles. The summed E-state index contributed by atoms with van der Waals surface area (Å²) in [7, 11) is 0. The maximum Gasteiger partial charge on any atom is 0.349 e. The van der Waals surface area contributed by atoms with Crippen LogP contribution in [0.3, 0.4) is 0 Å². The monoisotopic (exact) mass is 378 g/mol. The molecule has 7 heteroatoms. The quantitative estimate of drug-likeness (QED) is 0.554. The largest absolute Gasteiger partial charge is 0.349 e. The van der Waals surface area contributed by atoms with Gasteiger partial charge in [0.1, 0.15) is 5.82 Å². The van der Waals surface area contributed by atoms with Crippen molar-refractivity contribution in [3.63, 3.8) is 0 Å². The Morgan fingerprint density at radius 2 is 1.86 bits per heavy atom. The Kier molecular flexibility index (Phi) is 4.50. The van der Waals surface area contributed by atoms with E-state index in [1.165, 1.54) is 12.1 Å². The van der Waals surface area contributed by atoms with E-state index in [9.17, 15) is 14.0 Å². The van der Waals surface area contributed by atoms with Crippen LogP contribution in [0.5, 0.6) is 0 Å². The predicted molar refractivity (Wildman–Crippen MR) is 105 cm³/mol. The summed E-state index contributed by atoms with van der Waals surface area (Å²) in [4.78, 5) is 34.7. The highest BCUT2D eigenvalue weighted by molar-refractivity contribution is 5.81. The molecule has 6 nitrogen and oxygen atoms in total. The first-order chi connectivity index (χ1) is 13.4. The number of hydrogen-bond donors (Lipinski definition) is 1. The van der Waals surface area contributed by atoms with Crippen molar-refractivity contribution in [1.29, 1.82) is 0 Å². The highest BCUT2D eigenvalue weighted by atomic mass is 19.1. The topological polar surface area (TPSA) is 80.6 Å². The van der Waals surface area contributed by atoms with Crippen molar-refractivity contribution in [3.05, 3.63) is 79.7 Å². The number of halogens is 1. The minimum atomic E-state index is -0.693. The molecule has 0 saturated heterocycles. The van der Waals surface area contributed by atoms with Crippen LogP contribution in [0.25, 0.3) is 22.6 Å². The molecule has 2 aliphatic rings. The van der Waals surface area contributed by atoms with E-state index in [0.717, 1.165) is 22.2 Å². The fourth-order valence-electron chi connectivity index (χ4n) is 3.41. The van der Waals surface area contributed by atoms with Gasteiger partial charge >= 0.3 is 5.69 Å². The third-order valence-corrected chi connectivity index (χ3v) is 4.96. The van der Waals surface area contributed by atoms with Gasteiger partial charge in [-0.2, -0.15) is 4.98 Å². The molecule has 2 aromatic rings. The second kappa shape index (κ2) is 6.99. The first-order valence-corrected chi connectivity index (χ1v) is 9.08. The minimum absolute atomic E-state index is 0.140. The molecule has 2 heterocycles. The predicted octanol–water partition coefficient (Wildman–Crippen LogP) is 2.97. The summed E-state index contributed by atoms with van der Waals surface area (Å²) in [5.41, 5.74) is 3.43. The summed E-state index contributed by atoms with van der Waals surface area (Å²) in [6, 6.07) is 10.4. The zero-order valence-electron chi connectivity index (χ0n) is 15.6. The van der Waals surface area contributed by atoms with Gasteiger partial charge in [0, 0.05) is 6.54 Å². The van der Waals surface area contributed by atoms with Crippen LogP contribution in [0.1, 0.15) is 23.1 Å². The zero-order valence-corrected chi connectivity index (χ0v) is 15.6. The number of aromatic nitrogens is 4. The van der Waals surface area contributed by atoms with Crippen LogP contribution in [0.2, 0.25) is 0 Å². The third-order valence-electron chi connectivity index (χ3n) is 4.96. The first-order valence-electron chi connectivity index (χ1n) is 9.08. The van der Waals surface area contributed by atoms with Gasteiger partial charge in [-0.05, 0) is 67.6 Å². The molecule has 4 rings (SSSR count). The number of hydrogen-bond acceptors (Lipinski definition) is 4. The molecule has 2 aromatic carbocycles. The molecular formula is C21H19FN4O2. The van der Waals surface area contributed by atoms with Crippen molar-refractivity contribution in [1.82, 2.24) is 19.5 Å². The number of rotatable bonds is 4. The molecule has 142 valence electrons. The van der Waals surface area contributed by atoms with Gasteiger partial charge in [0.25, 0.3) is 5.56 Å². The summed E-state index contributed by atoms with van der Waals surface area (Å²) >= 11 is 0. The van der Waals surface area contributed by atoms with Crippen LogP contribution < -0.4 is 11.2 Å². The van der Waals surface area contributed by atoms with Gasteiger partial charge in [-0.3, -0.25) is 9.78 Å². The average Bonchev–Trinajstić information content (AvgIpc) is 2.63. The maximum atomic E-state index is 13.4. The number of nitrogens with one attached hydrogen (secondary N) is 1. The van der Waals surface area contributed by atoms with Gasteiger partial charge in [0.05, 0.1) is 11.0 Å². The van der Waals surface area contributed by atoms with E-state index in [1.54, 1.807) is 6.07 Å². The molecule has 0 unspecified atom stereocenters. The van der Waals surface area contributed by atoms with Gasteiger partial charge in [-0.1, -0.05) is 12.1 Å². The van der Waals surface area contributed by atoms with E-state index < -0.39 is 11.2 Å². The van der Waals surface area contributed by atoms with E-state index in [4.69, 9.17) is 0 Å². The normalized spacial score (nSPS) is 11.4. The molecule has 28 heavy (non-hydrogen) atoms. The van der Waals surface area contributed by atoms with Crippen LogP contribution in [-0.4, -0.2) is 19.5 Å². The SMILES string of the molecule is Cc1cc2nc3c(=O)[nH]c(=O)nc-3n(CCCc3cccc(F)c3)c2cc1C. The van der Waals surface area contributed by atoms with E-state index in [1.807, 2.05) is 36.6 Å². The van der Waals surface area contributed by atoms with Gasteiger partial charge < -0.3 is 4.57 Å². The van der Waals surface area contributed by atoms with Crippen LogP contribution in [0.15, 0.2) is 46.0 Å². The van der Waals surface area contributed by atoms with Crippen molar-refractivity contribution >= 4 is 11.0 Å². The molecule has 0 radical (unpaired) electrons. The Bertz CT molecular complexity index is 1280. The second-order valence-electron chi connectivity index (χ2n) is 6.97. The van der Waals surface area contributed by atoms with Crippen LogP contribution >= 0.6 is 0 Å². The Hall–Kier alpha value is -3.35. The Morgan fingerprint density at radius 3 is 2.64 bits per heavy atom. The van der Waals surface area contributed by atoms with E-state index in [2.05, 4.69) is 15.0 Å². The molecule has 2 aliphatic heterocycles. The maximum absolute atomic E-state index is 13.4. The fraction of sp³-hybridized carbons (Fsp3) is 0.238. The van der Waals surface area contributed by atoms with Gasteiger partial charge in [0.2, 0.25) is 0 Å². The summed E-state index contributed by atoms with van der Waals surface area (Å²) in [5, 5.41) is 0. The number of aromatic amines is 1. The lowest BCUT2D eigenvalue weighted by atomic mass is 10.1. The summed E-state index contributed by atoms with van der Waals surface area (Å²) < 4.78 is 15.3. The van der Waals surface area contributed by atoms with Crippen molar-refractivity contribution in [2.75, 3.05) is 0 Å². The minimum Gasteiger partial charge on any atom is -0.322 e. The lowest BCUT2D eigenvalue weighted by Crippen LogP contribution is -2.29. The van der Waals surface area contributed by atoms with Gasteiger partial charge in [-0.25, -0.2) is 14.2 Å². The van der Waals surface area contributed by atoms with Gasteiger partial charge in [-0.15, -0.1) is 0 Å². The first kappa shape index (κ1) is 18.0. The number of aryl methyl sites for hydroxylation is 4. The molecule has 0 aliphatic carbocycles. The van der Waals surface area contributed by atoms with Crippen molar-refractivity contribution in [3.8, 4) is 11.5 Å². The zero-order chi connectivity index (χ0) is 19.8. The number of H-pyrrole nitrogens is 1. The van der Waals surface area contributed by atoms with Crippen molar-refractivity contribution in [2.24, 2.45) is 0 Å². The second-order valence-corrected chi connectivity index (χ2v) is 6.97. The third kappa shape index (κ3) is 3.31. The molecule has 0 spiro atoms. The Balaban J connectivity index is 1.82. The molecule has 0 fully saturated rings. The number of benzene rings is 2. The standard InChI is InChI=1S/C21H19FN4O2/c1-12-9-16-17(10-13(12)2)26(8-4-6-14-5-3-7-15(22)11-14)19-18(23-16)20(27)25-21(28)24-19/h3,5,7,9-11H,4,6,8H2,1-2H3,(H,25,27,28). The van der Waals surface area contributed by atoms with Crippen molar-refractivity contribution in [2.45, 2.75) is 33.2 Å². The smallest absolute Gasteiger partial charge is 0.322 e. The van der Waals surface area contributed by atoms with Crippen LogP contribution in [0, 0.1) is 19.7 Å². The van der Waals surface area contributed by atoms with E-state index in [-0.39, 0.29) is 17.3 Å². The molecule has 0 amide bonds. The fourth-order valence-corrected chi connectivity index (χ4v) is 3.41. The Labute approximate surface area is 160 Å². The number of fused-ring (bicyclic) bond motifs is 2. The highest BCUT2D eigenvalue weighted by Crippen LogP contribution is 2.24.